The molecule has 0 aliphatic heterocycles. The SMILES string of the molecule is COC(=O)C(C)(C(=O)OC)c1ccc(C(=O)C2CC2)cc1. The number of rotatable bonds is 5. The predicted molar refractivity (Wildman–Crippen MR) is 74.9 cm³/mol. The van der Waals surface area contributed by atoms with Crippen molar-refractivity contribution in [1.29, 1.82) is 0 Å². The first-order chi connectivity index (χ1) is 9.94. The summed E-state index contributed by atoms with van der Waals surface area (Å²) in [4.78, 5) is 35.9. The minimum absolute atomic E-state index is 0.111. The molecule has 0 bridgehead atoms. The van der Waals surface area contributed by atoms with Crippen molar-refractivity contribution in [2.75, 3.05) is 14.2 Å². The van der Waals surface area contributed by atoms with Crippen molar-refractivity contribution in [3.63, 3.8) is 0 Å². The van der Waals surface area contributed by atoms with Crippen LogP contribution in [0.4, 0.5) is 0 Å². The molecular formula is C16H18O5. The molecule has 1 aromatic carbocycles. The van der Waals surface area contributed by atoms with Crippen LogP contribution in [0.5, 0.6) is 0 Å². The fourth-order valence-electron chi connectivity index (χ4n) is 2.28. The van der Waals surface area contributed by atoms with Crippen LogP contribution in [0.3, 0.4) is 0 Å². The number of carbonyl (C=O) groups excluding carboxylic acids is 3. The van der Waals surface area contributed by atoms with Crippen LogP contribution in [0.25, 0.3) is 0 Å². The van der Waals surface area contributed by atoms with E-state index in [0.29, 0.717) is 11.1 Å². The third-order valence-electron chi connectivity index (χ3n) is 3.88. The largest absolute Gasteiger partial charge is 0.468 e. The van der Waals surface area contributed by atoms with Crippen LogP contribution in [0.1, 0.15) is 35.7 Å². The Morgan fingerprint density at radius 3 is 1.86 bits per heavy atom. The molecule has 0 radical (unpaired) electrons. The van der Waals surface area contributed by atoms with Crippen LogP contribution in [-0.4, -0.2) is 31.9 Å². The first kappa shape index (κ1) is 15.2. The van der Waals surface area contributed by atoms with Crippen LogP contribution in [0.2, 0.25) is 0 Å². The molecule has 0 aromatic heterocycles. The molecule has 112 valence electrons. The predicted octanol–water partition coefficient (Wildman–Crippen LogP) is 1.88. The van der Waals surface area contributed by atoms with Crippen LogP contribution in [0.15, 0.2) is 24.3 Å². The van der Waals surface area contributed by atoms with E-state index in [0.717, 1.165) is 12.8 Å². The van der Waals surface area contributed by atoms with Crippen molar-refractivity contribution in [2.24, 2.45) is 5.92 Å². The number of esters is 2. The molecule has 0 atom stereocenters. The maximum Gasteiger partial charge on any atom is 0.327 e. The average Bonchev–Trinajstić information content (AvgIpc) is 3.36. The fourth-order valence-corrected chi connectivity index (χ4v) is 2.28. The van der Waals surface area contributed by atoms with Gasteiger partial charge in [-0.1, -0.05) is 24.3 Å². The maximum absolute atomic E-state index is 12.0. The van der Waals surface area contributed by atoms with Gasteiger partial charge in [0.1, 0.15) is 0 Å². The Hall–Kier alpha value is -2.17. The van der Waals surface area contributed by atoms with E-state index in [1.54, 1.807) is 24.3 Å². The lowest BCUT2D eigenvalue weighted by molar-refractivity contribution is -0.160. The number of hydrogen-bond acceptors (Lipinski definition) is 5. The summed E-state index contributed by atoms with van der Waals surface area (Å²) in [5.74, 6) is -1.16. The number of ketones is 1. The molecule has 21 heavy (non-hydrogen) atoms. The number of benzene rings is 1. The Morgan fingerprint density at radius 2 is 1.48 bits per heavy atom. The van der Waals surface area contributed by atoms with E-state index in [4.69, 9.17) is 9.47 Å². The Morgan fingerprint density at radius 1 is 1.00 bits per heavy atom. The Labute approximate surface area is 123 Å². The molecule has 2 rings (SSSR count). The smallest absolute Gasteiger partial charge is 0.327 e. The van der Waals surface area contributed by atoms with E-state index >= 15 is 0 Å². The van der Waals surface area contributed by atoms with Gasteiger partial charge in [-0.2, -0.15) is 0 Å². The number of carbonyl (C=O) groups is 3. The molecule has 0 spiro atoms. The molecule has 1 aliphatic rings. The third-order valence-corrected chi connectivity index (χ3v) is 3.88. The van der Waals surface area contributed by atoms with E-state index in [9.17, 15) is 14.4 Å². The van der Waals surface area contributed by atoms with E-state index in [-0.39, 0.29) is 11.7 Å². The van der Waals surface area contributed by atoms with Crippen LogP contribution in [-0.2, 0) is 24.5 Å². The highest BCUT2D eigenvalue weighted by Crippen LogP contribution is 2.33. The summed E-state index contributed by atoms with van der Waals surface area (Å²) >= 11 is 0. The molecule has 0 N–H and O–H groups in total. The molecule has 0 amide bonds. The van der Waals surface area contributed by atoms with Gasteiger partial charge >= 0.3 is 11.9 Å². The molecule has 1 aliphatic carbocycles. The lowest BCUT2D eigenvalue weighted by Gasteiger charge is -2.24. The first-order valence-electron chi connectivity index (χ1n) is 6.76. The minimum atomic E-state index is -1.54. The van der Waals surface area contributed by atoms with Crippen molar-refractivity contribution in [1.82, 2.24) is 0 Å². The van der Waals surface area contributed by atoms with Gasteiger partial charge in [0.2, 0.25) is 0 Å². The molecule has 0 heterocycles. The highest BCUT2D eigenvalue weighted by Gasteiger charge is 2.45. The van der Waals surface area contributed by atoms with Crippen molar-refractivity contribution >= 4 is 17.7 Å². The normalized spacial score (nSPS) is 14.4. The van der Waals surface area contributed by atoms with E-state index in [1.807, 2.05) is 0 Å². The van der Waals surface area contributed by atoms with Gasteiger partial charge < -0.3 is 9.47 Å². The summed E-state index contributed by atoms with van der Waals surface area (Å²) in [5.41, 5.74) is -0.503. The summed E-state index contributed by atoms with van der Waals surface area (Å²) in [5, 5.41) is 0. The standard InChI is InChI=1S/C16H18O5/c1-16(14(18)20-2,15(19)21-3)12-8-6-11(7-9-12)13(17)10-4-5-10/h6-10H,4-5H2,1-3H3. The van der Waals surface area contributed by atoms with Crippen LogP contribution < -0.4 is 0 Å². The number of Topliss-reactive ketones (excluding diaryl/α,β-unsaturated/α-hetero) is 1. The minimum Gasteiger partial charge on any atom is -0.468 e. The quantitative estimate of drug-likeness (QED) is 0.470. The second-order valence-electron chi connectivity index (χ2n) is 5.32. The van der Waals surface area contributed by atoms with E-state index < -0.39 is 17.4 Å². The lowest BCUT2D eigenvalue weighted by Crippen LogP contribution is -2.42. The summed E-state index contributed by atoms with van der Waals surface area (Å²) in [6, 6.07) is 6.48. The van der Waals surface area contributed by atoms with Crippen molar-refractivity contribution in [3.8, 4) is 0 Å². The number of methoxy groups -OCH3 is 2. The molecule has 0 unspecified atom stereocenters. The Balaban J connectivity index is 2.34. The zero-order valence-electron chi connectivity index (χ0n) is 12.3. The Kier molecular flexibility index (Phi) is 4.11. The van der Waals surface area contributed by atoms with E-state index in [1.165, 1.54) is 21.1 Å². The average molecular weight is 290 g/mol. The third kappa shape index (κ3) is 2.68. The maximum atomic E-state index is 12.0. The zero-order valence-corrected chi connectivity index (χ0v) is 12.3. The monoisotopic (exact) mass is 290 g/mol. The summed E-state index contributed by atoms with van der Waals surface area (Å²) in [7, 11) is 2.43. The second-order valence-corrected chi connectivity index (χ2v) is 5.32. The van der Waals surface area contributed by atoms with Gasteiger partial charge in [0.05, 0.1) is 14.2 Å². The zero-order chi connectivity index (χ0) is 15.6. The summed E-state index contributed by atoms with van der Waals surface area (Å²) in [6.07, 6.45) is 1.87. The summed E-state index contributed by atoms with van der Waals surface area (Å²) in [6.45, 7) is 1.45. The second kappa shape index (κ2) is 5.68. The number of hydrogen-bond donors (Lipinski definition) is 0. The first-order valence-corrected chi connectivity index (χ1v) is 6.76. The molecular weight excluding hydrogens is 272 g/mol. The Bertz CT molecular complexity index is 553. The van der Waals surface area contributed by atoms with Gasteiger partial charge in [0.25, 0.3) is 0 Å². The van der Waals surface area contributed by atoms with Crippen molar-refractivity contribution < 1.29 is 23.9 Å². The van der Waals surface area contributed by atoms with Gasteiger partial charge in [-0.25, -0.2) is 0 Å². The highest BCUT2D eigenvalue weighted by atomic mass is 16.5. The highest BCUT2D eigenvalue weighted by molar-refractivity contribution is 6.06. The number of ether oxygens (including phenoxy) is 2. The molecule has 1 aromatic rings. The van der Waals surface area contributed by atoms with Gasteiger partial charge in [0, 0.05) is 11.5 Å². The molecule has 1 saturated carbocycles. The molecule has 5 nitrogen and oxygen atoms in total. The molecule has 0 saturated heterocycles. The topological polar surface area (TPSA) is 69.7 Å². The van der Waals surface area contributed by atoms with Crippen molar-refractivity contribution in [2.45, 2.75) is 25.2 Å². The van der Waals surface area contributed by atoms with E-state index in [2.05, 4.69) is 0 Å². The van der Waals surface area contributed by atoms with Crippen LogP contribution in [0, 0.1) is 5.92 Å². The van der Waals surface area contributed by atoms with Gasteiger partial charge in [-0.15, -0.1) is 0 Å². The summed E-state index contributed by atoms with van der Waals surface area (Å²) < 4.78 is 9.42. The lowest BCUT2D eigenvalue weighted by atomic mass is 9.82. The fraction of sp³-hybridized carbons (Fsp3) is 0.438. The van der Waals surface area contributed by atoms with Gasteiger partial charge in [0.15, 0.2) is 11.2 Å². The van der Waals surface area contributed by atoms with Crippen LogP contribution >= 0.6 is 0 Å². The molecule has 5 heteroatoms. The van der Waals surface area contributed by atoms with Gasteiger partial charge in [-0.05, 0) is 25.3 Å². The van der Waals surface area contributed by atoms with Gasteiger partial charge in [-0.3, -0.25) is 14.4 Å². The molecule has 1 fully saturated rings. The van der Waals surface area contributed by atoms with Crippen molar-refractivity contribution in [3.05, 3.63) is 35.4 Å².